The maximum absolute atomic E-state index is 12.6. The highest BCUT2D eigenvalue weighted by atomic mass is 16.5. The van der Waals surface area contributed by atoms with Crippen molar-refractivity contribution in [1.29, 1.82) is 5.26 Å². The fraction of sp³-hybridized carbons (Fsp3) is 0.0870. The van der Waals surface area contributed by atoms with Crippen LogP contribution in [0.5, 0.6) is 5.75 Å². The highest BCUT2D eigenvalue weighted by Gasteiger charge is 2.16. The van der Waals surface area contributed by atoms with Crippen LogP contribution in [0.15, 0.2) is 77.7 Å². The molecule has 3 rings (SSSR count). The molecule has 0 unspecified atom stereocenters. The predicted octanol–water partition coefficient (Wildman–Crippen LogP) is 3.90. The third-order valence-corrected chi connectivity index (χ3v) is 4.09. The molecule has 30 heavy (non-hydrogen) atoms. The lowest BCUT2D eigenvalue weighted by molar-refractivity contribution is 0.0959. The van der Waals surface area contributed by atoms with Gasteiger partial charge in [-0.15, -0.1) is 6.58 Å². The van der Waals surface area contributed by atoms with Crippen molar-refractivity contribution in [3.05, 3.63) is 96.0 Å². The molecule has 2 aromatic carbocycles. The number of hydrogen-bond donors (Lipinski definition) is 2. The Hall–Kier alpha value is -4.31. The second-order valence-electron chi connectivity index (χ2n) is 6.16. The number of benzene rings is 2. The van der Waals surface area contributed by atoms with Crippen LogP contribution in [0.3, 0.4) is 0 Å². The predicted molar refractivity (Wildman–Crippen MR) is 111 cm³/mol. The molecule has 0 aliphatic carbocycles. The number of anilines is 1. The van der Waals surface area contributed by atoms with E-state index in [1.807, 2.05) is 0 Å². The summed E-state index contributed by atoms with van der Waals surface area (Å²) < 4.78 is 11.1. The van der Waals surface area contributed by atoms with Crippen LogP contribution in [0.1, 0.15) is 32.2 Å². The Morgan fingerprint density at radius 2 is 1.83 bits per heavy atom. The van der Waals surface area contributed by atoms with Gasteiger partial charge in [-0.25, -0.2) is 0 Å². The van der Waals surface area contributed by atoms with Gasteiger partial charge in [-0.05, 0) is 36.4 Å². The van der Waals surface area contributed by atoms with E-state index < -0.39 is 5.91 Å². The van der Waals surface area contributed by atoms with Crippen LogP contribution in [0.2, 0.25) is 0 Å². The van der Waals surface area contributed by atoms with Crippen molar-refractivity contribution < 1.29 is 18.7 Å². The molecule has 0 bridgehead atoms. The first-order valence-corrected chi connectivity index (χ1v) is 9.12. The molecular weight excluding hydrogens is 382 g/mol. The molecule has 7 nitrogen and oxygen atoms in total. The van der Waals surface area contributed by atoms with Crippen LogP contribution >= 0.6 is 0 Å². The summed E-state index contributed by atoms with van der Waals surface area (Å²) >= 11 is 0. The first kappa shape index (κ1) is 20.4. The summed E-state index contributed by atoms with van der Waals surface area (Å²) in [5.41, 5.74) is 1.10. The van der Waals surface area contributed by atoms with E-state index in [0.29, 0.717) is 34.9 Å². The van der Waals surface area contributed by atoms with E-state index in [9.17, 15) is 9.59 Å². The normalized spacial score (nSPS) is 9.97. The van der Waals surface area contributed by atoms with Crippen molar-refractivity contribution in [3.63, 3.8) is 0 Å². The van der Waals surface area contributed by atoms with Gasteiger partial charge in [0.1, 0.15) is 24.2 Å². The third-order valence-electron chi connectivity index (χ3n) is 4.09. The summed E-state index contributed by atoms with van der Waals surface area (Å²) in [6, 6.07) is 18.7. The smallest absolute Gasteiger partial charge is 0.291 e. The zero-order valence-electron chi connectivity index (χ0n) is 16.1. The Kier molecular flexibility index (Phi) is 6.64. The first-order valence-electron chi connectivity index (χ1n) is 9.12. The largest absolute Gasteiger partial charge is 0.484 e. The maximum Gasteiger partial charge on any atom is 0.291 e. The van der Waals surface area contributed by atoms with Gasteiger partial charge in [0.05, 0.1) is 16.8 Å². The van der Waals surface area contributed by atoms with Crippen molar-refractivity contribution in [1.82, 2.24) is 5.32 Å². The van der Waals surface area contributed by atoms with Gasteiger partial charge in [0.2, 0.25) is 0 Å². The number of ether oxygens (including phenoxy) is 1. The Balaban J connectivity index is 1.67. The quantitative estimate of drug-likeness (QED) is 0.557. The van der Waals surface area contributed by atoms with Gasteiger partial charge in [-0.2, -0.15) is 5.26 Å². The van der Waals surface area contributed by atoms with E-state index in [1.165, 1.54) is 6.07 Å². The van der Waals surface area contributed by atoms with Crippen molar-refractivity contribution in [3.8, 4) is 11.8 Å². The molecule has 1 aromatic heterocycles. The molecule has 2 amide bonds. The molecule has 3 aromatic rings. The molecule has 150 valence electrons. The molecule has 1 heterocycles. The van der Waals surface area contributed by atoms with Crippen molar-refractivity contribution in [2.24, 2.45) is 0 Å². The molecule has 0 saturated carbocycles. The number of nitrogens with zero attached hydrogens (tertiary/aromatic N) is 1. The highest BCUT2D eigenvalue weighted by Crippen LogP contribution is 2.20. The Labute approximate surface area is 173 Å². The Morgan fingerprint density at radius 3 is 2.63 bits per heavy atom. The number of hydrogen-bond acceptors (Lipinski definition) is 5. The summed E-state index contributed by atoms with van der Waals surface area (Å²) in [6.07, 6.45) is 1.57. The summed E-state index contributed by atoms with van der Waals surface area (Å²) in [7, 11) is 0. The van der Waals surface area contributed by atoms with Crippen LogP contribution in [-0.4, -0.2) is 18.4 Å². The van der Waals surface area contributed by atoms with E-state index in [2.05, 4.69) is 23.3 Å². The molecule has 0 aliphatic heterocycles. The van der Waals surface area contributed by atoms with Gasteiger partial charge in [-0.3, -0.25) is 9.59 Å². The Bertz CT molecular complexity index is 1110. The summed E-state index contributed by atoms with van der Waals surface area (Å²) in [5, 5.41) is 14.5. The van der Waals surface area contributed by atoms with Gasteiger partial charge >= 0.3 is 0 Å². The number of amides is 2. The minimum atomic E-state index is -0.498. The molecule has 0 fully saturated rings. The van der Waals surface area contributed by atoms with Crippen LogP contribution in [0.25, 0.3) is 0 Å². The topological polar surface area (TPSA) is 104 Å². The van der Waals surface area contributed by atoms with Crippen molar-refractivity contribution in [2.75, 3.05) is 11.9 Å². The average Bonchev–Trinajstić information content (AvgIpc) is 3.26. The minimum Gasteiger partial charge on any atom is -0.484 e. The highest BCUT2D eigenvalue weighted by molar-refractivity contribution is 6.07. The number of carbonyl (C=O) groups is 2. The Morgan fingerprint density at radius 1 is 1.07 bits per heavy atom. The number of nitrogens with one attached hydrogen (secondary N) is 2. The molecular formula is C23H19N3O4. The first-order chi connectivity index (χ1) is 14.6. The van der Waals surface area contributed by atoms with Crippen LogP contribution < -0.4 is 15.4 Å². The van der Waals surface area contributed by atoms with E-state index in [-0.39, 0.29) is 18.3 Å². The van der Waals surface area contributed by atoms with E-state index in [0.717, 1.165) is 0 Å². The molecule has 7 heteroatoms. The second-order valence-corrected chi connectivity index (χ2v) is 6.16. The number of nitriles is 1. The van der Waals surface area contributed by atoms with Crippen LogP contribution in [-0.2, 0) is 6.61 Å². The van der Waals surface area contributed by atoms with Crippen LogP contribution in [0.4, 0.5) is 5.69 Å². The van der Waals surface area contributed by atoms with E-state index >= 15 is 0 Å². The number of rotatable bonds is 8. The van der Waals surface area contributed by atoms with Crippen molar-refractivity contribution in [2.45, 2.75) is 6.61 Å². The van der Waals surface area contributed by atoms with E-state index in [4.69, 9.17) is 14.4 Å². The molecule has 0 atom stereocenters. The molecule has 2 N–H and O–H groups in total. The molecule has 0 radical (unpaired) electrons. The van der Waals surface area contributed by atoms with Gasteiger partial charge < -0.3 is 19.8 Å². The SMILES string of the molecule is C=CCNC(=O)c1ccccc1NC(=O)c1ccc(COc2ccccc2C#N)o1. The van der Waals surface area contributed by atoms with Crippen LogP contribution in [0, 0.1) is 11.3 Å². The molecule has 0 spiro atoms. The summed E-state index contributed by atoms with van der Waals surface area (Å²) in [4.78, 5) is 24.8. The van der Waals surface area contributed by atoms with E-state index in [1.54, 1.807) is 60.7 Å². The number of para-hydroxylation sites is 2. The average molecular weight is 401 g/mol. The monoisotopic (exact) mass is 401 g/mol. The fourth-order valence-electron chi connectivity index (χ4n) is 2.65. The lowest BCUT2D eigenvalue weighted by Crippen LogP contribution is -2.25. The zero-order chi connectivity index (χ0) is 21.3. The lowest BCUT2D eigenvalue weighted by atomic mass is 10.1. The molecule has 0 saturated heterocycles. The summed E-state index contributed by atoms with van der Waals surface area (Å²) in [6.45, 7) is 3.94. The number of furan rings is 1. The third kappa shape index (κ3) is 4.94. The van der Waals surface area contributed by atoms with Gasteiger partial charge in [0.15, 0.2) is 5.76 Å². The second kappa shape index (κ2) is 9.75. The van der Waals surface area contributed by atoms with Gasteiger partial charge in [0, 0.05) is 6.54 Å². The van der Waals surface area contributed by atoms with Crippen molar-refractivity contribution >= 4 is 17.5 Å². The van der Waals surface area contributed by atoms with Gasteiger partial charge in [-0.1, -0.05) is 30.3 Å². The van der Waals surface area contributed by atoms with Gasteiger partial charge in [0.25, 0.3) is 11.8 Å². The number of carbonyl (C=O) groups excluding carboxylic acids is 2. The standard InChI is InChI=1S/C23H19N3O4/c1-2-13-25-22(27)18-8-4-5-9-19(18)26-23(28)21-12-11-17(30-21)15-29-20-10-6-3-7-16(20)14-24/h2-12H,1,13,15H2,(H,25,27)(H,26,28). The minimum absolute atomic E-state index is 0.0620. The fourth-order valence-corrected chi connectivity index (χ4v) is 2.65. The lowest BCUT2D eigenvalue weighted by Gasteiger charge is -2.10. The molecule has 0 aliphatic rings. The maximum atomic E-state index is 12.6. The zero-order valence-corrected chi connectivity index (χ0v) is 16.1. The summed E-state index contributed by atoms with van der Waals surface area (Å²) in [5.74, 6) is 0.105.